The molecule has 0 spiro atoms. The first-order valence-corrected chi connectivity index (χ1v) is 12.8. The van der Waals surface area contributed by atoms with E-state index < -0.39 is 5.41 Å². The summed E-state index contributed by atoms with van der Waals surface area (Å²) >= 11 is 0. The molecule has 33 heavy (non-hydrogen) atoms. The van der Waals surface area contributed by atoms with Crippen LogP contribution in [0.5, 0.6) is 0 Å². The van der Waals surface area contributed by atoms with E-state index in [0.717, 1.165) is 25.7 Å². The summed E-state index contributed by atoms with van der Waals surface area (Å²) in [5, 5.41) is 2.88. The summed E-state index contributed by atoms with van der Waals surface area (Å²) in [7, 11) is 1.71. The van der Waals surface area contributed by atoms with Crippen molar-refractivity contribution in [1.29, 1.82) is 0 Å². The van der Waals surface area contributed by atoms with Gasteiger partial charge < -0.3 is 15.0 Å². The zero-order valence-corrected chi connectivity index (χ0v) is 23.3. The average molecular weight is 469 g/mol. The first-order valence-electron chi connectivity index (χ1n) is 12.8. The van der Waals surface area contributed by atoms with Crippen LogP contribution >= 0.6 is 0 Å². The Balaban J connectivity index is 0. The standard InChI is InChI=1S/C24H44N2O4.C3H8/c1-10-18(7)15-24(11-2,12-3)23(29)25-16-21(27)26(9)20(17(5)6)14-19(8)22(28)30-13-4;1-3-2/h14,17-18,20H,10-13,15-16H2,1-9H3,(H,25,29);3H2,1-2H3/b19-14+;/t18?,20-;/m1./s1. The van der Waals surface area contributed by atoms with E-state index in [4.69, 9.17) is 4.74 Å². The van der Waals surface area contributed by atoms with E-state index in [9.17, 15) is 14.4 Å². The molecule has 0 saturated carbocycles. The summed E-state index contributed by atoms with van der Waals surface area (Å²) < 4.78 is 5.04. The van der Waals surface area contributed by atoms with Crippen molar-refractivity contribution >= 4 is 17.8 Å². The van der Waals surface area contributed by atoms with Crippen LogP contribution in [0.15, 0.2) is 11.6 Å². The molecule has 0 bridgehead atoms. The number of hydrogen-bond acceptors (Lipinski definition) is 4. The number of hydrogen-bond donors (Lipinski definition) is 1. The maximum absolute atomic E-state index is 13.0. The molecule has 1 unspecified atom stereocenters. The number of rotatable bonds is 13. The van der Waals surface area contributed by atoms with E-state index in [-0.39, 0.29) is 36.3 Å². The van der Waals surface area contributed by atoms with Gasteiger partial charge in [-0.3, -0.25) is 9.59 Å². The van der Waals surface area contributed by atoms with Gasteiger partial charge in [0.15, 0.2) is 0 Å². The molecule has 2 amide bonds. The zero-order chi connectivity index (χ0) is 26.2. The minimum absolute atomic E-state index is 0.0473. The molecule has 0 aromatic carbocycles. The summed E-state index contributed by atoms with van der Waals surface area (Å²) in [5.74, 6) is -0.0448. The fourth-order valence-corrected chi connectivity index (χ4v) is 3.72. The molecule has 0 aromatic heterocycles. The second kappa shape index (κ2) is 17.6. The van der Waals surface area contributed by atoms with Gasteiger partial charge in [-0.2, -0.15) is 0 Å². The summed E-state index contributed by atoms with van der Waals surface area (Å²) in [4.78, 5) is 39.4. The molecule has 1 N–H and O–H groups in total. The smallest absolute Gasteiger partial charge is 0.333 e. The second-order valence-electron chi connectivity index (χ2n) is 9.40. The van der Waals surface area contributed by atoms with Gasteiger partial charge in [-0.05, 0) is 44.9 Å². The molecule has 0 aliphatic carbocycles. The minimum Gasteiger partial charge on any atom is -0.463 e. The molecule has 194 valence electrons. The van der Waals surface area contributed by atoms with Crippen molar-refractivity contribution in [2.45, 2.75) is 107 Å². The Morgan fingerprint density at radius 3 is 1.91 bits per heavy atom. The molecular weight excluding hydrogens is 416 g/mol. The number of carbonyl (C=O) groups is 3. The van der Waals surface area contributed by atoms with Crippen LogP contribution in [0.4, 0.5) is 0 Å². The van der Waals surface area contributed by atoms with E-state index in [0.29, 0.717) is 18.1 Å². The second-order valence-corrected chi connectivity index (χ2v) is 9.40. The van der Waals surface area contributed by atoms with E-state index >= 15 is 0 Å². The molecular formula is C27H52N2O4. The predicted molar refractivity (Wildman–Crippen MR) is 138 cm³/mol. The Hall–Kier alpha value is -1.85. The highest BCUT2D eigenvalue weighted by Gasteiger charge is 2.36. The van der Waals surface area contributed by atoms with Gasteiger partial charge in [0.25, 0.3) is 0 Å². The first-order chi connectivity index (χ1) is 15.4. The Bertz CT molecular complexity index is 609. The third-order valence-corrected chi connectivity index (χ3v) is 6.21. The van der Waals surface area contributed by atoms with Crippen LogP contribution in [-0.4, -0.2) is 48.9 Å². The van der Waals surface area contributed by atoms with E-state index in [1.54, 1.807) is 31.9 Å². The number of likely N-dealkylation sites (N-methyl/N-ethyl adjacent to an activating group) is 1. The molecule has 0 aromatic rings. The van der Waals surface area contributed by atoms with Gasteiger partial charge >= 0.3 is 5.97 Å². The molecule has 6 heteroatoms. The number of ether oxygens (including phenoxy) is 1. The summed E-state index contributed by atoms with van der Waals surface area (Å²) in [6.45, 7) is 20.3. The molecule has 2 atom stereocenters. The highest BCUT2D eigenvalue weighted by molar-refractivity contribution is 5.89. The Morgan fingerprint density at radius 2 is 1.52 bits per heavy atom. The van der Waals surface area contributed by atoms with Crippen LogP contribution in [0.2, 0.25) is 0 Å². The molecule has 0 heterocycles. The SMILES string of the molecule is CCC.CCOC(=O)/C(C)=C/[C@H](C(C)C)N(C)C(=O)CNC(=O)C(CC)(CC)CC(C)CC. The molecule has 6 nitrogen and oxygen atoms in total. The van der Waals surface area contributed by atoms with Gasteiger partial charge in [-0.25, -0.2) is 4.79 Å². The van der Waals surface area contributed by atoms with Gasteiger partial charge in [-0.1, -0.05) is 74.3 Å². The number of nitrogens with zero attached hydrogens (tertiary/aromatic N) is 1. The number of esters is 1. The summed E-state index contributed by atoms with van der Waals surface area (Å²) in [6.07, 6.45) is 6.37. The molecule has 0 aliphatic rings. The van der Waals surface area contributed by atoms with Crippen molar-refractivity contribution in [2.24, 2.45) is 17.3 Å². The van der Waals surface area contributed by atoms with Crippen molar-refractivity contribution in [3.63, 3.8) is 0 Å². The number of carbonyl (C=O) groups excluding carboxylic acids is 3. The van der Waals surface area contributed by atoms with Crippen LogP contribution in [0.1, 0.15) is 101 Å². The highest BCUT2D eigenvalue weighted by Crippen LogP contribution is 2.35. The lowest BCUT2D eigenvalue weighted by molar-refractivity contribution is -0.138. The monoisotopic (exact) mass is 468 g/mol. The van der Waals surface area contributed by atoms with Crippen LogP contribution in [-0.2, 0) is 19.1 Å². The van der Waals surface area contributed by atoms with E-state index in [1.165, 1.54) is 6.42 Å². The first kappa shape index (κ1) is 33.3. The maximum Gasteiger partial charge on any atom is 0.333 e. The Labute approximate surface area is 203 Å². The average Bonchev–Trinajstić information content (AvgIpc) is 2.78. The topological polar surface area (TPSA) is 75.7 Å². The molecule has 0 radical (unpaired) electrons. The summed E-state index contributed by atoms with van der Waals surface area (Å²) in [6, 6.07) is -0.263. The zero-order valence-electron chi connectivity index (χ0n) is 23.3. The highest BCUT2D eigenvalue weighted by atomic mass is 16.5. The normalized spacial score (nSPS) is 13.5. The van der Waals surface area contributed by atoms with E-state index in [1.807, 2.05) is 27.7 Å². The predicted octanol–water partition coefficient (Wildman–Crippen LogP) is 5.75. The quantitative estimate of drug-likeness (QED) is 0.276. The van der Waals surface area contributed by atoms with Gasteiger partial charge in [0, 0.05) is 18.0 Å². The minimum atomic E-state index is -0.438. The number of amides is 2. The van der Waals surface area contributed by atoms with E-state index in [2.05, 4.69) is 33.0 Å². The van der Waals surface area contributed by atoms with Crippen molar-refractivity contribution in [3.8, 4) is 0 Å². The fourth-order valence-electron chi connectivity index (χ4n) is 3.72. The lowest BCUT2D eigenvalue weighted by Gasteiger charge is -2.33. The molecule has 0 rings (SSSR count). The third kappa shape index (κ3) is 11.7. The van der Waals surface area contributed by atoms with Crippen LogP contribution in [0, 0.1) is 17.3 Å². The van der Waals surface area contributed by atoms with Gasteiger partial charge in [0.1, 0.15) is 0 Å². The van der Waals surface area contributed by atoms with Crippen LogP contribution in [0.3, 0.4) is 0 Å². The summed E-state index contributed by atoms with van der Waals surface area (Å²) in [5.41, 5.74) is 0.0374. The molecule has 0 fully saturated rings. The maximum atomic E-state index is 13.0. The third-order valence-electron chi connectivity index (χ3n) is 6.21. The lowest BCUT2D eigenvalue weighted by atomic mass is 9.74. The largest absolute Gasteiger partial charge is 0.463 e. The lowest BCUT2D eigenvalue weighted by Crippen LogP contribution is -2.48. The van der Waals surface area contributed by atoms with Crippen molar-refractivity contribution in [2.75, 3.05) is 20.2 Å². The van der Waals surface area contributed by atoms with Gasteiger partial charge in [0.2, 0.25) is 11.8 Å². The van der Waals surface area contributed by atoms with Gasteiger partial charge in [0.05, 0.1) is 19.2 Å². The number of nitrogens with one attached hydrogen (secondary N) is 1. The van der Waals surface area contributed by atoms with Crippen molar-refractivity contribution < 1.29 is 19.1 Å². The molecule has 0 saturated heterocycles. The Morgan fingerprint density at radius 1 is 1.00 bits per heavy atom. The van der Waals surface area contributed by atoms with Gasteiger partial charge in [-0.15, -0.1) is 0 Å². The van der Waals surface area contributed by atoms with Crippen LogP contribution in [0.25, 0.3) is 0 Å². The fraction of sp³-hybridized carbons (Fsp3) is 0.815. The van der Waals surface area contributed by atoms with Crippen molar-refractivity contribution in [3.05, 3.63) is 11.6 Å². The van der Waals surface area contributed by atoms with Crippen molar-refractivity contribution in [1.82, 2.24) is 10.2 Å². The molecule has 0 aliphatic heterocycles. The Kier molecular flexibility index (Phi) is 17.8. The van der Waals surface area contributed by atoms with Crippen LogP contribution < -0.4 is 5.32 Å².